The second-order valence-corrected chi connectivity index (χ2v) is 13.6. The predicted molar refractivity (Wildman–Crippen MR) is 203 cm³/mol. The highest BCUT2D eigenvalue weighted by atomic mass is 19.1. The zero-order chi connectivity index (χ0) is 37.0. The Balaban J connectivity index is 0.000000164. The number of hydrogen-bond donors (Lipinski definition) is 1. The van der Waals surface area contributed by atoms with Gasteiger partial charge in [-0.2, -0.15) is 0 Å². The van der Waals surface area contributed by atoms with Gasteiger partial charge in [-0.3, -0.25) is 9.97 Å². The van der Waals surface area contributed by atoms with Gasteiger partial charge >= 0.3 is 11.9 Å². The first kappa shape index (κ1) is 35.5. The summed E-state index contributed by atoms with van der Waals surface area (Å²) in [7, 11) is 1.37. The average molecular weight is 715 g/mol. The number of fused-ring (bicyclic) bond motifs is 2. The minimum atomic E-state index is -1.30. The van der Waals surface area contributed by atoms with E-state index in [0.29, 0.717) is 68.3 Å². The highest BCUT2D eigenvalue weighted by molar-refractivity contribution is 6.04. The molecular weight excluding hydrogens is 674 g/mol. The van der Waals surface area contributed by atoms with Gasteiger partial charge in [0.15, 0.2) is 0 Å². The largest absolute Gasteiger partial charge is 0.478 e. The van der Waals surface area contributed by atoms with E-state index < -0.39 is 17.3 Å². The van der Waals surface area contributed by atoms with Crippen molar-refractivity contribution in [2.45, 2.75) is 37.0 Å². The van der Waals surface area contributed by atoms with Gasteiger partial charge in [-0.1, -0.05) is 60.7 Å². The number of anilines is 2. The standard InChI is InChI=1S/C22H21FN2O2.C21H19FN2O2/c1-27-21(26)18-9-12-24-20-8-7-17(15-19(18)20)25-13-10-22(23,11-14-25)16-5-3-2-4-6-16;22-21(15-4-2-1-3-5-15)9-12-24(13-10-21)16-6-7-19-18(14-16)17(20(25)26)8-11-23-19/h2-9,12,15H,10-11,13-14H2,1H3;1-8,11,14H,9-10,12-13H2,(H,25,26). The molecule has 53 heavy (non-hydrogen) atoms. The SMILES string of the molecule is COC(=O)c1ccnc2ccc(N3CCC(F)(c4ccccc4)CC3)cc12.O=C(O)c1ccnc2ccc(N3CCC(F)(c4ccccc4)CC3)cc12. The quantitative estimate of drug-likeness (QED) is 0.171. The van der Waals surface area contributed by atoms with E-state index in [9.17, 15) is 14.7 Å². The Morgan fingerprint density at radius 2 is 1.04 bits per heavy atom. The van der Waals surface area contributed by atoms with Crippen LogP contribution in [0.15, 0.2) is 122 Å². The van der Waals surface area contributed by atoms with E-state index in [1.165, 1.54) is 19.4 Å². The monoisotopic (exact) mass is 714 g/mol. The molecule has 0 aliphatic carbocycles. The van der Waals surface area contributed by atoms with Crippen molar-refractivity contribution in [3.05, 3.63) is 144 Å². The molecule has 0 saturated carbocycles. The molecular formula is C43H40F2N4O4. The molecule has 4 aromatic carbocycles. The highest BCUT2D eigenvalue weighted by Gasteiger charge is 2.37. The van der Waals surface area contributed by atoms with Crippen LogP contribution in [0.5, 0.6) is 0 Å². The Morgan fingerprint density at radius 3 is 1.45 bits per heavy atom. The van der Waals surface area contributed by atoms with Crippen LogP contribution in [0.4, 0.5) is 20.2 Å². The highest BCUT2D eigenvalue weighted by Crippen LogP contribution is 2.40. The first-order chi connectivity index (χ1) is 25.7. The van der Waals surface area contributed by atoms with E-state index in [2.05, 4.69) is 19.8 Å². The van der Waals surface area contributed by atoms with Gasteiger partial charge in [0, 0.05) is 86.4 Å². The summed E-state index contributed by atoms with van der Waals surface area (Å²) in [5.74, 6) is -1.36. The van der Waals surface area contributed by atoms with Crippen LogP contribution in [0.2, 0.25) is 0 Å². The fourth-order valence-corrected chi connectivity index (χ4v) is 7.43. The Bertz CT molecular complexity index is 2240. The number of carboxylic acid groups (broad SMARTS) is 1. The summed E-state index contributed by atoms with van der Waals surface area (Å²) in [6.07, 6.45) is 4.80. The van der Waals surface area contributed by atoms with Crippen LogP contribution in [0.1, 0.15) is 57.5 Å². The van der Waals surface area contributed by atoms with Crippen molar-refractivity contribution in [1.82, 2.24) is 9.97 Å². The summed E-state index contributed by atoms with van der Waals surface area (Å²) in [5, 5.41) is 10.7. The van der Waals surface area contributed by atoms with Gasteiger partial charge < -0.3 is 19.6 Å². The summed E-state index contributed by atoms with van der Waals surface area (Å²) in [6, 6.07) is 33.3. The van der Waals surface area contributed by atoms with Crippen LogP contribution in [0, 0.1) is 0 Å². The molecule has 0 unspecified atom stereocenters. The van der Waals surface area contributed by atoms with Crippen LogP contribution < -0.4 is 9.80 Å². The van der Waals surface area contributed by atoms with Gasteiger partial charge in [0.25, 0.3) is 0 Å². The average Bonchev–Trinajstić information content (AvgIpc) is 3.21. The molecule has 0 radical (unpaired) electrons. The maximum atomic E-state index is 15.4. The number of carboxylic acids is 1. The van der Waals surface area contributed by atoms with E-state index in [1.54, 1.807) is 12.3 Å². The number of nitrogens with zero attached hydrogens (tertiary/aromatic N) is 4. The van der Waals surface area contributed by atoms with Crippen molar-refractivity contribution in [1.29, 1.82) is 0 Å². The van der Waals surface area contributed by atoms with E-state index in [0.717, 1.165) is 33.4 Å². The number of alkyl halides is 2. The van der Waals surface area contributed by atoms with Crippen LogP contribution in [-0.2, 0) is 16.1 Å². The topological polar surface area (TPSA) is 95.9 Å². The molecule has 2 fully saturated rings. The molecule has 2 saturated heterocycles. The number of hydrogen-bond acceptors (Lipinski definition) is 7. The number of carbonyl (C=O) groups is 2. The van der Waals surface area contributed by atoms with E-state index >= 15 is 8.78 Å². The molecule has 4 heterocycles. The Hall–Kier alpha value is -5.90. The number of rotatable bonds is 6. The van der Waals surface area contributed by atoms with E-state index in [1.807, 2.05) is 97.1 Å². The van der Waals surface area contributed by atoms with Gasteiger partial charge in [0.1, 0.15) is 11.3 Å². The summed E-state index contributed by atoms with van der Waals surface area (Å²) in [5.41, 5.74) is 2.88. The number of methoxy groups -OCH3 is 1. The zero-order valence-electron chi connectivity index (χ0n) is 29.4. The number of pyridine rings is 2. The number of benzene rings is 4. The number of esters is 1. The smallest absolute Gasteiger partial charge is 0.338 e. The van der Waals surface area contributed by atoms with Crippen molar-refractivity contribution in [2.75, 3.05) is 43.1 Å². The predicted octanol–water partition coefficient (Wildman–Crippen LogP) is 8.88. The second-order valence-electron chi connectivity index (χ2n) is 13.6. The van der Waals surface area contributed by atoms with Gasteiger partial charge in [-0.05, 0) is 59.7 Å². The lowest BCUT2D eigenvalue weighted by molar-refractivity contribution is 0.0602. The molecule has 2 aromatic heterocycles. The molecule has 8 rings (SSSR count). The summed E-state index contributed by atoms with van der Waals surface area (Å²) in [4.78, 5) is 36.3. The van der Waals surface area contributed by atoms with Crippen molar-refractivity contribution in [3.63, 3.8) is 0 Å². The minimum Gasteiger partial charge on any atom is -0.478 e. The molecule has 0 spiro atoms. The number of halogens is 2. The maximum absolute atomic E-state index is 15.4. The molecule has 0 amide bonds. The summed E-state index contributed by atoms with van der Waals surface area (Å²) < 4.78 is 35.5. The number of aromatic nitrogens is 2. The Kier molecular flexibility index (Phi) is 10.0. The number of aromatic carboxylic acids is 1. The lowest BCUT2D eigenvalue weighted by Crippen LogP contribution is -2.40. The molecule has 270 valence electrons. The third-order valence-corrected chi connectivity index (χ3v) is 10.5. The van der Waals surface area contributed by atoms with E-state index in [-0.39, 0.29) is 11.5 Å². The lowest BCUT2D eigenvalue weighted by atomic mass is 9.86. The van der Waals surface area contributed by atoms with Gasteiger partial charge in [-0.15, -0.1) is 0 Å². The molecule has 0 atom stereocenters. The number of piperidine rings is 2. The Labute approximate surface area is 306 Å². The van der Waals surface area contributed by atoms with Crippen molar-refractivity contribution < 1.29 is 28.2 Å². The third-order valence-electron chi connectivity index (χ3n) is 10.5. The van der Waals surface area contributed by atoms with E-state index in [4.69, 9.17) is 4.74 Å². The summed E-state index contributed by atoms with van der Waals surface area (Å²) in [6.45, 7) is 2.40. The summed E-state index contributed by atoms with van der Waals surface area (Å²) >= 11 is 0. The maximum Gasteiger partial charge on any atom is 0.338 e. The number of ether oxygens (including phenoxy) is 1. The Morgan fingerprint density at radius 1 is 0.623 bits per heavy atom. The molecule has 2 aliphatic heterocycles. The van der Waals surface area contributed by atoms with Gasteiger partial charge in [-0.25, -0.2) is 18.4 Å². The van der Waals surface area contributed by atoms with Crippen LogP contribution in [0.3, 0.4) is 0 Å². The third kappa shape index (κ3) is 7.40. The van der Waals surface area contributed by atoms with Gasteiger partial charge in [0.2, 0.25) is 0 Å². The van der Waals surface area contributed by atoms with Crippen LogP contribution in [-0.4, -0.2) is 60.3 Å². The minimum absolute atomic E-state index is 0.234. The molecule has 1 N–H and O–H groups in total. The second kappa shape index (κ2) is 15.0. The molecule has 0 bridgehead atoms. The fraction of sp³-hybridized carbons (Fsp3) is 0.256. The van der Waals surface area contributed by atoms with Crippen LogP contribution >= 0.6 is 0 Å². The molecule has 8 nitrogen and oxygen atoms in total. The lowest BCUT2D eigenvalue weighted by Gasteiger charge is -2.38. The zero-order valence-corrected chi connectivity index (χ0v) is 29.4. The fourth-order valence-electron chi connectivity index (χ4n) is 7.43. The first-order valence-corrected chi connectivity index (χ1v) is 17.8. The molecule has 2 aliphatic rings. The van der Waals surface area contributed by atoms with Crippen molar-refractivity contribution in [3.8, 4) is 0 Å². The van der Waals surface area contributed by atoms with Crippen molar-refractivity contribution in [2.24, 2.45) is 0 Å². The van der Waals surface area contributed by atoms with Crippen LogP contribution in [0.25, 0.3) is 21.8 Å². The first-order valence-electron chi connectivity index (χ1n) is 17.8. The molecule has 10 heteroatoms. The molecule has 6 aromatic rings. The normalized spacial score (nSPS) is 16.4. The number of carbonyl (C=O) groups excluding carboxylic acids is 1. The van der Waals surface area contributed by atoms with Gasteiger partial charge in [0.05, 0.1) is 29.3 Å². The van der Waals surface area contributed by atoms with Crippen molar-refractivity contribution >= 4 is 45.1 Å².